The van der Waals surface area contributed by atoms with Crippen molar-refractivity contribution in [2.75, 3.05) is 31.6 Å². The third kappa shape index (κ3) is 6.54. The van der Waals surface area contributed by atoms with Crippen LogP contribution in [0.15, 0.2) is 48.8 Å². The summed E-state index contributed by atoms with van der Waals surface area (Å²) in [5.74, 6) is -0.0956. The maximum absolute atomic E-state index is 12.3. The lowest BCUT2D eigenvalue weighted by Crippen LogP contribution is -3.08. The van der Waals surface area contributed by atoms with Crippen molar-refractivity contribution in [1.82, 2.24) is 10.3 Å². The number of rotatable bonds is 13. The van der Waals surface area contributed by atoms with Crippen molar-refractivity contribution < 1.29 is 14.4 Å². The zero-order valence-corrected chi connectivity index (χ0v) is 18.1. The maximum atomic E-state index is 12.3. The summed E-state index contributed by atoms with van der Waals surface area (Å²) in [6.45, 7) is 4.96. The molecule has 2 heterocycles. The fourth-order valence-corrected chi connectivity index (χ4v) is 3.84. The molecule has 0 saturated heterocycles. The van der Waals surface area contributed by atoms with E-state index in [1.54, 1.807) is 24.5 Å². The van der Waals surface area contributed by atoms with Gasteiger partial charge in [-0.15, -0.1) is 0 Å². The molecular weight excluding hydrogens is 376 g/mol. The van der Waals surface area contributed by atoms with Crippen LogP contribution < -0.4 is 15.1 Å². The quantitative estimate of drug-likeness (QED) is 0.496. The van der Waals surface area contributed by atoms with Gasteiger partial charge in [-0.1, -0.05) is 57.6 Å². The minimum atomic E-state index is -0.0956. The second kappa shape index (κ2) is 12.3. The number of nitrogens with zero attached hydrogens (tertiary/aromatic N) is 2. The molecule has 0 saturated carbocycles. The molecule has 1 unspecified atom stereocenters. The Balaban J connectivity index is 1.41. The molecule has 2 N–H and O–H groups in total. The summed E-state index contributed by atoms with van der Waals surface area (Å²) in [6.07, 6.45) is 12.3. The van der Waals surface area contributed by atoms with Gasteiger partial charge in [0.25, 0.3) is 5.91 Å². The zero-order valence-electron chi connectivity index (χ0n) is 18.1. The maximum Gasteiger partial charge on any atom is 0.257 e. The van der Waals surface area contributed by atoms with Gasteiger partial charge in [0.2, 0.25) is 0 Å². The summed E-state index contributed by atoms with van der Waals surface area (Å²) in [7, 11) is 0. The largest absolute Gasteiger partial charge is 0.361 e. The fourth-order valence-electron chi connectivity index (χ4n) is 3.84. The Morgan fingerprint density at radius 1 is 1.10 bits per heavy atom. The first kappa shape index (κ1) is 22.2. The number of aromatic nitrogens is 1. The van der Waals surface area contributed by atoms with Crippen LogP contribution >= 0.6 is 0 Å². The third-order valence-electron chi connectivity index (χ3n) is 5.53. The van der Waals surface area contributed by atoms with Crippen LogP contribution in [0, 0.1) is 0 Å². The molecular formula is C24H35N4O2+. The summed E-state index contributed by atoms with van der Waals surface area (Å²) in [5.41, 5.74) is 2.96. The molecule has 0 radical (unpaired) electrons. The van der Waals surface area contributed by atoms with Crippen molar-refractivity contribution in [2.24, 2.45) is 0 Å². The molecule has 162 valence electrons. The first-order valence-corrected chi connectivity index (χ1v) is 11.2. The van der Waals surface area contributed by atoms with Crippen molar-refractivity contribution >= 4 is 17.3 Å². The number of ether oxygens (including phenoxy) is 1. The summed E-state index contributed by atoms with van der Waals surface area (Å²) in [5, 5.41) is 3.02. The summed E-state index contributed by atoms with van der Waals surface area (Å²) in [4.78, 5) is 19.8. The van der Waals surface area contributed by atoms with E-state index >= 15 is 0 Å². The SMILES string of the molecule is CCCCCCCCCOCN1C[NH+](CNC(=O)c2cccnc2)c2ccccc21. The van der Waals surface area contributed by atoms with Crippen LogP contribution in [0.2, 0.25) is 0 Å². The van der Waals surface area contributed by atoms with E-state index in [1.165, 1.54) is 54.8 Å². The molecule has 30 heavy (non-hydrogen) atoms. The highest BCUT2D eigenvalue weighted by Gasteiger charge is 2.30. The van der Waals surface area contributed by atoms with Crippen LogP contribution in [0.1, 0.15) is 62.2 Å². The molecule has 3 rings (SSSR count). The molecule has 6 heteroatoms. The van der Waals surface area contributed by atoms with E-state index in [-0.39, 0.29) is 5.91 Å². The Bertz CT molecular complexity index is 769. The predicted octanol–water partition coefficient (Wildman–Crippen LogP) is 3.49. The van der Waals surface area contributed by atoms with Gasteiger partial charge in [0, 0.05) is 25.1 Å². The van der Waals surface area contributed by atoms with Gasteiger partial charge >= 0.3 is 0 Å². The average molecular weight is 412 g/mol. The molecule has 1 amide bonds. The second-order valence-electron chi connectivity index (χ2n) is 7.90. The second-order valence-corrected chi connectivity index (χ2v) is 7.90. The molecule has 0 bridgehead atoms. The highest BCUT2D eigenvalue weighted by atomic mass is 16.5. The first-order chi connectivity index (χ1) is 14.8. The average Bonchev–Trinajstić information content (AvgIpc) is 3.14. The molecule has 1 atom stereocenters. The number of unbranched alkanes of at least 4 members (excludes halogenated alkanes) is 6. The minimum absolute atomic E-state index is 0.0956. The van der Waals surface area contributed by atoms with Crippen molar-refractivity contribution in [3.8, 4) is 0 Å². The Hall–Kier alpha value is -2.44. The number of nitrogens with one attached hydrogen (secondary N) is 2. The molecule has 0 fully saturated rings. The van der Waals surface area contributed by atoms with Crippen LogP contribution in [0.5, 0.6) is 0 Å². The van der Waals surface area contributed by atoms with E-state index in [4.69, 9.17) is 4.74 Å². The number of pyridine rings is 1. The van der Waals surface area contributed by atoms with Crippen LogP contribution in [-0.2, 0) is 4.74 Å². The van der Waals surface area contributed by atoms with Crippen LogP contribution in [-0.4, -0.2) is 37.6 Å². The fraction of sp³-hybridized carbons (Fsp3) is 0.500. The number of hydrogen-bond donors (Lipinski definition) is 2. The van der Waals surface area contributed by atoms with E-state index < -0.39 is 0 Å². The molecule has 1 aliphatic rings. The van der Waals surface area contributed by atoms with Gasteiger partial charge in [0.1, 0.15) is 12.4 Å². The smallest absolute Gasteiger partial charge is 0.257 e. The lowest BCUT2D eigenvalue weighted by atomic mass is 10.1. The van der Waals surface area contributed by atoms with Crippen molar-refractivity contribution in [3.05, 3.63) is 54.4 Å². The summed E-state index contributed by atoms with van der Waals surface area (Å²) in [6, 6.07) is 11.9. The van der Waals surface area contributed by atoms with Gasteiger partial charge in [-0.2, -0.15) is 0 Å². The van der Waals surface area contributed by atoms with E-state index in [1.807, 2.05) is 6.07 Å². The van der Waals surface area contributed by atoms with Gasteiger partial charge in [0.05, 0.1) is 5.56 Å². The number of amides is 1. The summed E-state index contributed by atoms with van der Waals surface area (Å²) >= 11 is 0. The number of para-hydroxylation sites is 2. The van der Waals surface area contributed by atoms with E-state index in [0.29, 0.717) is 19.0 Å². The van der Waals surface area contributed by atoms with Crippen molar-refractivity contribution in [3.63, 3.8) is 0 Å². The third-order valence-corrected chi connectivity index (χ3v) is 5.53. The number of carbonyl (C=O) groups excluding carboxylic acids is 1. The topological polar surface area (TPSA) is 58.9 Å². The van der Waals surface area contributed by atoms with Crippen LogP contribution in [0.4, 0.5) is 11.4 Å². The van der Waals surface area contributed by atoms with Crippen LogP contribution in [0.25, 0.3) is 0 Å². The molecule has 1 aliphatic heterocycles. The molecule has 1 aromatic heterocycles. The predicted molar refractivity (Wildman–Crippen MR) is 120 cm³/mol. The molecule has 0 spiro atoms. The Labute approximate surface area is 180 Å². The van der Waals surface area contributed by atoms with Crippen molar-refractivity contribution in [2.45, 2.75) is 51.9 Å². The van der Waals surface area contributed by atoms with Crippen LogP contribution in [0.3, 0.4) is 0 Å². The number of benzene rings is 1. The van der Waals surface area contributed by atoms with Gasteiger partial charge < -0.3 is 10.1 Å². The Morgan fingerprint density at radius 3 is 2.70 bits per heavy atom. The van der Waals surface area contributed by atoms with E-state index in [2.05, 4.69) is 40.3 Å². The zero-order chi connectivity index (χ0) is 21.0. The number of quaternary nitrogens is 1. The van der Waals surface area contributed by atoms with Gasteiger partial charge in [-0.05, 0) is 24.6 Å². The lowest BCUT2D eigenvalue weighted by molar-refractivity contribution is -0.828. The summed E-state index contributed by atoms with van der Waals surface area (Å²) < 4.78 is 5.96. The van der Waals surface area contributed by atoms with Crippen molar-refractivity contribution in [1.29, 1.82) is 0 Å². The van der Waals surface area contributed by atoms with Gasteiger partial charge in [-0.3, -0.25) is 19.6 Å². The number of hydrogen-bond acceptors (Lipinski definition) is 4. The normalized spacial score (nSPS) is 15.2. The lowest BCUT2D eigenvalue weighted by Gasteiger charge is -2.18. The number of carbonyl (C=O) groups is 1. The van der Waals surface area contributed by atoms with Gasteiger partial charge in [-0.25, -0.2) is 0 Å². The molecule has 2 aromatic rings. The standard InChI is InChI=1S/C24H34N4O2/c1-2-3-4-5-6-7-10-16-30-20-28-19-27(22-13-8-9-14-23(22)28)18-26-24(29)21-12-11-15-25-17-21/h8-9,11-15,17H,2-7,10,16,18-20H2,1H3,(H,26,29)/p+1. The monoisotopic (exact) mass is 411 g/mol. The highest BCUT2D eigenvalue weighted by molar-refractivity contribution is 5.93. The Morgan fingerprint density at radius 2 is 1.90 bits per heavy atom. The molecule has 6 nitrogen and oxygen atoms in total. The molecule has 0 aliphatic carbocycles. The van der Waals surface area contributed by atoms with E-state index in [0.717, 1.165) is 19.7 Å². The number of fused-ring (bicyclic) bond motifs is 1. The number of anilines is 1. The minimum Gasteiger partial charge on any atom is -0.361 e. The van der Waals surface area contributed by atoms with Gasteiger partial charge in [0.15, 0.2) is 19.0 Å². The Kier molecular flexibility index (Phi) is 9.12. The molecule has 1 aromatic carbocycles. The highest BCUT2D eigenvalue weighted by Crippen LogP contribution is 2.25. The first-order valence-electron chi connectivity index (χ1n) is 11.2. The van der Waals surface area contributed by atoms with E-state index in [9.17, 15) is 4.79 Å².